The van der Waals surface area contributed by atoms with Gasteiger partial charge in [-0.2, -0.15) is 5.01 Å². The Morgan fingerprint density at radius 1 is 1.17 bits per heavy atom. The summed E-state index contributed by atoms with van der Waals surface area (Å²) >= 11 is 0. The van der Waals surface area contributed by atoms with Crippen molar-refractivity contribution >= 4 is 17.8 Å². The number of hydrazine groups is 1. The number of amides is 4. The van der Waals surface area contributed by atoms with E-state index in [1.807, 2.05) is 11.0 Å². The highest BCUT2D eigenvalue weighted by atomic mass is 19.1. The molecule has 1 aliphatic heterocycles. The van der Waals surface area contributed by atoms with Crippen molar-refractivity contribution in [2.45, 2.75) is 37.9 Å². The van der Waals surface area contributed by atoms with Crippen LogP contribution in [0.4, 0.5) is 9.18 Å². The molecule has 4 amide bonds. The Labute approximate surface area is 173 Å². The van der Waals surface area contributed by atoms with Crippen molar-refractivity contribution in [3.8, 4) is 0 Å². The van der Waals surface area contributed by atoms with Crippen LogP contribution in [0.25, 0.3) is 0 Å². The highest BCUT2D eigenvalue weighted by Crippen LogP contribution is 2.29. The molecule has 1 saturated heterocycles. The Morgan fingerprint density at radius 3 is 2.47 bits per heavy atom. The van der Waals surface area contributed by atoms with Gasteiger partial charge >= 0.3 is 6.03 Å². The smallest absolute Gasteiger partial charge is 0.318 e. The van der Waals surface area contributed by atoms with E-state index < -0.39 is 23.4 Å². The van der Waals surface area contributed by atoms with Crippen LogP contribution in [0.5, 0.6) is 0 Å². The summed E-state index contributed by atoms with van der Waals surface area (Å²) < 4.78 is 13.1. The van der Waals surface area contributed by atoms with E-state index in [1.165, 1.54) is 12.1 Å². The Bertz CT molecular complexity index is 962. The molecule has 1 saturated carbocycles. The fourth-order valence-corrected chi connectivity index (χ4v) is 3.63. The fraction of sp³-hybridized carbons (Fsp3) is 0.318. The lowest BCUT2D eigenvalue weighted by atomic mass is 9.92. The van der Waals surface area contributed by atoms with E-state index in [9.17, 15) is 18.8 Å². The molecule has 2 fully saturated rings. The minimum atomic E-state index is -1.24. The van der Waals surface area contributed by atoms with Gasteiger partial charge < -0.3 is 5.32 Å². The number of imide groups is 1. The predicted octanol–water partition coefficient (Wildman–Crippen LogP) is 2.29. The zero-order chi connectivity index (χ0) is 21.3. The number of hydrogen-bond donors (Lipinski definition) is 2. The van der Waals surface area contributed by atoms with Gasteiger partial charge in [-0.25, -0.2) is 9.18 Å². The summed E-state index contributed by atoms with van der Waals surface area (Å²) in [6, 6.07) is 14.6. The first kappa shape index (κ1) is 20.0. The molecule has 2 aliphatic rings. The van der Waals surface area contributed by atoms with E-state index in [4.69, 9.17) is 0 Å². The molecule has 7 nitrogen and oxygen atoms in total. The molecular weight excluding hydrogens is 387 g/mol. The molecule has 30 heavy (non-hydrogen) atoms. The van der Waals surface area contributed by atoms with Crippen LogP contribution in [0.1, 0.15) is 30.9 Å². The van der Waals surface area contributed by atoms with E-state index in [2.05, 4.69) is 10.7 Å². The number of rotatable bonds is 7. The third-order valence-electron chi connectivity index (χ3n) is 5.49. The van der Waals surface area contributed by atoms with Crippen molar-refractivity contribution in [1.29, 1.82) is 0 Å². The van der Waals surface area contributed by atoms with Gasteiger partial charge in [0, 0.05) is 12.6 Å². The lowest BCUT2D eigenvalue weighted by Gasteiger charge is -2.24. The maximum Gasteiger partial charge on any atom is 0.344 e. The Kier molecular flexibility index (Phi) is 5.26. The van der Waals surface area contributed by atoms with Crippen molar-refractivity contribution in [1.82, 2.24) is 20.7 Å². The lowest BCUT2D eigenvalue weighted by Crippen LogP contribution is -2.50. The normalized spacial score (nSPS) is 21.1. The van der Waals surface area contributed by atoms with Gasteiger partial charge in [-0.15, -0.1) is 0 Å². The SMILES string of the molecule is C[C@@]1(c2ccccc2)NC(=O)N(NC(=O)CN(Cc2ccc(F)cc2)C2CC2)C1=O. The molecule has 2 N–H and O–H groups in total. The Morgan fingerprint density at radius 2 is 1.83 bits per heavy atom. The van der Waals surface area contributed by atoms with E-state index in [0.29, 0.717) is 12.1 Å². The monoisotopic (exact) mass is 410 g/mol. The fourth-order valence-electron chi connectivity index (χ4n) is 3.63. The average molecular weight is 410 g/mol. The van der Waals surface area contributed by atoms with Gasteiger partial charge in [-0.05, 0) is 43.0 Å². The number of hydrogen-bond acceptors (Lipinski definition) is 4. The molecule has 0 radical (unpaired) electrons. The van der Waals surface area contributed by atoms with Gasteiger partial charge in [0.05, 0.1) is 6.54 Å². The number of carbonyl (C=O) groups excluding carboxylic acids is 3. The summed E-state index contributed by atoms with van der Waals surface area (Å²) in [7, 11) is 0. The zero-order valence-electron chi connectivity index (χ0n) is 16.6. The summed E-state index contributed by atoms with van der Waals surface area (Å²) in [6.45, 7) is 2.13. The molecule has 2 aromatic carbocycles. The van der Waals surface area contributed by atoms with Gasteiger partial charge in [0.25, 0.3) is 11.8 Å². The van der Waals surface area contributed by atoms with Crippen LogP contribution in [0.15, 0.2) is 54.6 Å². The number of nitrogens with one attached hydrogen (secondary N) is 2. The van der Waals surface area contributed by atoms with E-state index >= 15 is 0 Å². The average Bonchev–Trinajstić information content (AvgIpc) is 3.55. The van der Waals surface area contributed by atoms with Crippen LogP contribution < -0.4 is 10.7 Å². The maximum atomic E-state index is 13.1. The van der Waals surface area contributed by atoms with Crippen molar-refractivity contribution in [3.63, 3.8) is 0 Å². The Hall–Kier alpha value is -3.26. The zero-order valence-corrected chi connectivity index (χ0v) is 16.6. The predicted molar refractivity (Wildman–Crippen MR) is 107 cm³/mol. The standard InChI is InChI=1S/C22H23FN4O3/c1-22(16-5-3-2-4-6-16)20(29)27(21(30)24-22)25-19(28)14-26(18-11-12-18)13-15-7-9-17(23)10-8-15/h2-10,18H,11-14H2,1H3,(H,24,30)(H,25,28)/t22-/m0/s1. The van der Waals surface area contributed by atoms with Gasteiger partial charge in [-0.1, -0.05) is 42.5 Å². The molecule has 0 bridgehead atoms. The molecule has 0 aromatic heterocycles. The summed E-state index contributed by atoms with van der Waals surface area (Å²) in [4.78, 5) is 39.9. The first-order valence-electron chi connectivity index (χ1n) is 9.87. The first-order chi connectivity index (χ1) is 14.4. The summed E-state index contributed by atoms with van der Waals surface area (Å²) in [6.07, 6.45) is 1.95. The highest BCUT2D eigenvalue weighted by molar-refractivity contribution is 6.08. The van der Waals surface area contributed by atoms with Gasteiger partial charge in [0.2, 0.25) is 0 Å². The Balaban J connectivity index is 1.42. The number of benzene rings is 2. The van der Waals surface area contributed by atoms with Gasteiger partial charge in [0.15, 0.2) is 0 Å². The molecule has 0 spiro atoms. The number of halogens is 1. The third kappa shape index (κ3) is 4.04. The second-order valence-electron chi connectivity index (χ2n) is 7.86. The maximum absolute atomic E-state index is 13.1. The third-order valence-corrected chi connectivity index (χ3v) is 5.49. The number of nitrogens with zero attached hydrogens (tertiary/aromatic N) is 2. The van der Waals surface area contributed by atoms with Gasteiger partial charge in [-0.3, -0.25) is 19.9 Å². The molecule has 1 aliphatic carbocycles. The minimum absolute atomic E-state index is 0.0289. The van der Waals surface area contributed by atoms with Crippen LogP contribution in [0, 0.1) is 5.82 Å². The van der Waals surface area contributed by atoms with E-state index in [0.717, 1.165) is 23.4 Å². The van der Waals surface area contributed by atoms with Crippen LogP contribution in [0.3, 0.4) is 0 Å². The van der Waals surface area contributed by atoms with Crippen LogP contribution in [0.2, 0.25) is 0 Å². The summed E-state index contributed by atoms with van der Waals surface area (Å²) in [5.41, 5.74) is 2.73. The summed E-state index contributed by atoms with van der Waals surface area (Å²) in [5.74, 6) is -1.30. The minimum Gasteiger partial charge on any atom is -0.318 e. The number of carbonyl (C=O) groups is 3. The second kappa shape index (κ2) is 7.87. The van der Waals surface area contributed by atoms with Crippen LogP contribution >= 0.6 is 0 Å². The van der Waals surface area contributed by atoms with E-state index in [-0.39, 0.29) is 18.4 Å². The van der Waals surface area contributed by atoms with Crippen LogP contribution in [-0.4, -0.2) is 40.3 Å². The molecule has 8 heteroatoms. The quantitative estimate of drug-likeness (QED) is 0.687. The molecule has 2 aromatic rings. The molecule has 4 rings (SSSR count). The summed E-state index contributed by atoms with van der Waals surface area (Å²) in [5, 5.41) is 3.41. The van der Waals surface area contributed by atoms with Crippen molar-refractivity contribution in [3.05, 3.63) is 71.5 Å². The molecule has 0 unspecified atom stereocenters. The largest absolute Gasteiger partial charge is 0.344 e. The molecule has 156 valence electrons. The van der Waals surface area contributed by atoms with Gasteiger partial charge in [0.1, 0.15) is 11.4 Å². The molecule has 1 atom stereocenters. The second-order valence-corrected chi connectivity index (χ2v) is 7.86. The van der Waals surface area contributed by atoms with Crippen molar-refractivity contribution < 1.29 is 18.8 Å². The molecule has 1 heterocycles. The topological polar surface area (TPSA) is 81.8 Å². The van der Waals surface area contributed by atoms with Crippen LogP contribution in [-0.2, 0) is 21.7 Å². The first-order valence-corrected chi connectivity index (χ1v) is 9.87. The van der Waals surface area contributed by atoms with E-state index in [1.54, 1.807) is 43.3 Å². The number of urea groups is 1. The van der Waals surface area contributed by atoms with Crippen molar-refractivity contribution in [2.24, 2.45) is 0 Å². The highest BCUT2D eigenvalue weighted by Gasteiger charge is 2.50. The lowest BCUT2D eigenvalue weighted by molar-refractivity contribution is -0.139. The van der Waals surface area contributed by atoms with Crippen molar-refractivity contribution in [2.75, 3.05) is 6.54 Å². The molecular formula is C22H23FN4O3.